The number of thioether (sulfide) groups is 1. The van der Waals surface area contributed by atoms with E-state index in [9.17, 15) is 4.39 Å². The fraction of sp³-hybridized carbons (Fsp3) is 0.286. The molecular weight excluding hydrogens is 359 g/mol. The highest BCUT2D eigenvalue weighted by Gasteiger charge is 2.06. The van der Waals surface area contributed by atoms with Crippen LogP contribution in [0.25, 0.3) is 0 Å². The molecule has 0 atom stereocenters. The van der Waals surface area contributed by atoms with Crippen molar-refractivity contribution in [1.82, 2.24) is 9.97 Å². The second kappa shape index (κ2) is 7.33. The smallest absolute Gasteiger partial charge is 0.144 e. The lowest BCUT2D eigenvalue weighted by Gasteiger charge is -2.07. The number of nitrogens with zero attached hydrogens (tertiary/aromatic N) is 1. The van der Waals surface area contributed by atoms with E-state index in [1.165, 1.54) is 12.1 Å². The van der Waals surface area contributed by atoms with E-state index in [0.717, 1.165) is 33.7 Å². The predicted octanol–water partition coefficient (Wildman–Crippen LogP) is 5.29. The molecule has 0 amide bonds. The van der Waals surface area contributed by atoms with Crippen molar-refractivity contribution in [3.63, 3.8) is 0 Å². The first-order chi connectivity index (χ1) is 9.60. The van der Waals surface area contributed by atoms with Crippen LogP contribution in [-0.4, -0.2) is 9.97 Å². The molecule has 2 aromatic rings. The summed E-state index contributed by atoms with van der Waals surface area (Å²) in [6, 6.07) is 6.45. The molecule has 0 saturated heterocycles. The maximum absolute atomic E-state index is 12.8. The van der Waals surface area contributed by atoms with Gasteiger partial charge < -0.3 is 4.98 Å². The zero-order valence-corrected chi connectivity index (χ0v) is 14.2. The predicted molar refractivity (Wildman–Crippen MR) is 87.1 cm³/mol. The quantitative estimate of drug-likeness (QED) is 0.571. The number of H-pyrrole nitrogens is 1. The summed E-state index contributed by atoms with van der Waals surface area (Å²) in [4.78, 5) is 8.69. The number of aromatic nitrogens is 2. The number of nitrogens with one attached hydrogen (secondary N) is 1. The molecule has 0 radical (unpaired) electrons. The first kappa shape index (κ1) is 15.7. The van der Waals surface area contributed by atoms with E-state index in [0.29, 0.717) is 10.4 Å². The van der Waals surface area contributed by atoms with Gasteiger partial charge in [-0.15, -0.1) is 11.8 Å². The van der Waals surface area contributed by atoms with E-state index in [1.807, 2.05) is 0 Å². The first-order valence-corrected chi connectivity index (χ1v) is 8.44. The minimum absolute atomic E-state index is 0.222. The Morgan fingerprint density at radius 2 is 2.05 bits per heavy atom. The van der Waals surface area contributed by atoms with Gasteiger partial charge in [-0.25, -0.2) is 9.37 Å². The van der Waals surface area contributed by atoms with Crippen LogP contribution in [0.15, 0.2) is 33.6 Å². The molecule has 1 heterocycles. The van der Waals surface area contributed by atoms with Gasteiger partial charge in [0.05, 0.1) is 10.2 Å². The first-order valence-electron chi connectivity index (χ1n) is 6.26. The monoisotopic (exact) mass is 372 g/mol. The molecule has 2 rings (SSSR count). The second-order valence-corrected chi connectivity index (χ2v) is 6.50. The van der Waals surface area contributed by atoms with E-state index in [4.69, 9.17) is 12.2 Å². The van der Waals surface area contributed by atoms with Gasteiger partial charge in [-0.1, -0.05) is 25.6 Å². The molecule has 0 unspecified atom stereocenters. The molecule has 1 aromatic carbocycles. The molecule has 0 spiro atoms. The van der Waals surface area contributed by atoms with Crippen LogP contribution >= 0.6 is 39.9 Å². The average molecular weight is 373 g/mol. The van der Waals surface area contributed by atoms with E-state index in [2.05, 4.69) is 32.8 Å². The molecule has 0 aliphatic rings. The Morgan fingerprint density at radius 3 is 2.70 bits per heavy atom. The minimum atomic E-state index is -0.222. The Balaban J connectivity index is 2.13. The fourth-order valence-corrected chi connectivity index (χ4v) is 3.12. The number of hydrogen-bond donors (Lipinski definition) is 1. The Hall–Kier alpha value is -0.720. The maximum Gasteiger partial charge on any atom is 0.144 e. The molecule has 0 saturated carbocycles. The Bertz CT molecular complexity index is 641. The van der Waals surface area contributed by atoms with Gasteiger partial charge >= 0.3 is 0 Å². The van der Waals surface area contributed by atoms with Gasteiger partial charge in [-0.3, -0.25) is 0 Å². The van der Waals surface area contributed by atoms with Crippen molar-refractivity contribution in [2.75, 3.05) is 0 Å². The van der Waals surface area contributed by atoms with Gasteiger partial charge in [0.2, 0.25) is 0 Å². The molecule has 20 heavy (non-hydrogen) atoms. The van der Waals surface area contributed by atoms with E-state index in [1.54, 1.807) is 23.9 Å². The number of aromatic amines is 1. The summed E-state index contributed by atoms with van der Waals surface area (Å²) in [5.41, 5.74) is 1.09. The summed E-state index contributed by atoms with van der Waals surface area (Å²) in [7, 11) is 0. The summed E-state index contributed by atoms with van der Waals surface area (Å²) >= 11 is 10.3. The van der Waals surface area contributed by atoms with Crippen molar-refractivity contribution >= 4 is 39.9 Å². The van der Waals surface area contributed by atoms with Gasteiger partial charge in [0, 0.05) is 10.6 Å². The van der Waals surface area contributed by atoms with E-state index in [-0.39, 0.29) is 5.82 Å². The number of hydrogen-bond acceptors (Lipinski definition) is 3. The maximum atomic E-state index is 12.8. The molecule has 1 aromatic heterocycles. The van der Waals surface area contributed by atoms with Crippen molar-refractivity contribution in [1.29, 1.82) is 0 Å². The molecule has 1 N–H and O–H groups in total. The molecule has 0 bridgehead atoms. The van der Waals surface area contributed by atoms with Crippen molar-refractivity contribution in [3.8, 4) is 0 Å². The highest BCUT2D eigenvalue weighted by Crippen LogP contribution is 2.23. The van der Waals surface area contributed by atoms with Crippen LogP contribution in [0.1, 0.15) is 24.9 Å². The standard InChI is InChI=1S/C14H14BrFN2S2/c1-2-3-11-13(15)14(19)18-12(17-11)8-20-10-6-4-9(16)5-7-10/h4-7H,2-3,8H2,1H3,(H,17,18,19). The molecule has 0 aliphatic heterocycles. The average Bonchev–Trinajstić information content (AvgIpc) is 2.44. The van der Waals surface area contributed by atoms with Gasteiger partial charge in [0.15, 0.2) is 0 Å². The Kier molecular flexibility index (Phi) is 5.74. The molecular formula is C14H14BrFN2S2. The molecule has 2 nitrogen and oxygen atoms in total. The van der Waals surface area contributed by atoms with Gasteiger partial charge in [-0.05, 0) is 46.6 Å². The summed E-state index contributed by atoms with van der Waals surface area (Å²) in [6.45, 7) is 2.12. The van der Waals surface area contributed by atoms with Crippen molar-refractivity contribution < 1.29 is 4.39 Å². The van der Waals surface area contributed by atoms with Gasteiger partial charge in [-0.2, -0.15) is 0 Å². The number of rotatable bonds is 5. The fourth-order valence-electron chi connectivity index (χ4n) is 1.73. The molecule has 0 fully saturated rings. The lowest BCUT2D eigenvalue weighted by molar-refractivity contribution is 0.626. The third-order valence-electron chi connectivity index (χ3n) is 2.67. The number of aryl methyl sites for hydroxylation is 1. The van der Waals surface area contributed by atoms with Crippen LogP contribution in [0.3, 0.4) is 0 Å². The van der Waals surface area contributed by atoms with Crippen LogP contribution in [-0.2, 0) is 12.2 Å². The molecule has 0 aliphatic carbocycles. The largest absolute Gasteiger partial charge is 0.345 e. The van der Waals surface area contributed by atoms with E-state index >= 15 is 0 Å². The van der Waals surface area contributed by atoms with Crippen LogP contribution in [0, 0.1) is 10.5 Å². The number of benzene rings is 1. The lowest BCUT2D eigenvalue weighted by Crippen LogP contribution is -2.00. The summed E-state index contributed by atoms with van der Waals surface area (Å²) < 4.78 is 14.3. The minimum Gasteiger partial charge on any atom is -0.345 e. The third kappa shape index (κ3) is 4.14. The van der Waals surface area contributed by atoms with Crippen molar-refractivity contribution in [2.24, 2.45) is 0 Å². The topological polar surface area (TPSA) is 28.7 Å². The van der Waals surface area contributed by atoms with Crippen molar-refractivity contribution in [3.05, 3.63) is 50.7 Å². The molecule has 106 valence electrons. The summed E-state index contributed by atoms with van der Waals surface area (Å²) in [5.74, 6) is 1.30. The Morgan fingerprint density at radius 1 is 1.35 bits per heavy atom. The second-order valence-electron chi connectivity index (χ2n) is 4.27. The zero-order chi connectivity index (χ0) is 14.5. The van der Waals surface area contributed by atoms with Crippen LogP contribution in [0.4, 0.5) is 4.39 Å². The van der Waals surface area contributed by atoms with Gasteiger partial charge in [0.1, 0.15) is 16.3 Å². The SMILES string of the molecule is CCCc1[nH]c(CSc2ccc(F)cc2)nc(=S)c1Br. The van der Waals surface area contributed by atoms with Gasteiger partial charge in [0.25, 0.3) is 0 Å². The van der Waals surface area contributed by atoms with Crippen LogP contribution in [0.5, 0.6) is 0 Å². The summed E-state index contributed by atoms with van der Waals surface area (Å²) in [6.07, 6.45) is 1.97. The normalized spacial score (nSPS) is 10.8. The van der Waals surface area contributed by atoms with Crippen LogP contribution in [0.2, 0.25) is 0 Å². The molecule has 6 heteroatoms. The highest BCUT2D eigenvalue weighted by atomic mass is 79.9. The number of halogens is 2. The highest BCUT2D eigenvalue weighted by molar-refractivity contribution is 9.10. The van der Waals surface area contributed by atoms with Crippen LogP contribution < -0.4 is 0 Å². The third-order valence-corrected chi connectivity index (χ3v) is 5.11. The lowest BCUT2D eigenvalue weighted by atomic mass is 10.2. The zero-order valence-electron chi connectivity index (χ0n) is 11.0. The van der Waals surface area contributed by atoms with E-state index < -0.39 is 0 Å². The summed E-state index contributed by atoms with van der Waals surface area (Å²) in [5, 5.41) is 0. The Labute approximate surface area is 135 Å². The van der Waals surface area contributed by atoms with Crippen molar-refractivity contribution in [2.45, 2.75) is 30.4 Å².